The number of nitrogens with one attached hydrogen (secondary N) is 1. The summed E-state index contributed by atoms with van der Waals surface area (Å²) in [5, 5.41) is 2.66. The number of likely N-dealkylation sites (tertiary alicyclic amines) is 1. The molecule has 2 rings (SSSR count). The summed E-state index contributed by atoms with van der Waals surface area (Å²) in [6.07, 6.45) is 2.63. The van der Waals surface area contributed by atoms with E-state index in [2.05, 4.69) is 17.4 Å². The molecule has 0 radical (unpaired) electrons. The topological polar surface area (TPSA) is 58.6 Å². The standard InChI is InChI=1S/C20H30N2O3/c1-15(21-19(24)25-20(2,3)4)18(23)22-13-9-8-12-17(14-22)16-10-6-5-7-11-16/h5-7,10-11,15,17H,8-9,12-14H2,1-4H3,(H,21,24)/t15-,17-/m0/s1. The average molecular weight is 346 g/mol. The van der Waals surface area contributed by atoms with Gasteiger partial charge in [0.25, 0.3) is 0 Å². The van der Waals surface area contributed by atoms with Gasteiger partial charge in [-0.3, -0.25) is 4.79 Å². The molecule has 2 amide bonds. The fourth-order valence-electron chi connectivity index (χ4n) is 3.16. The van der Waals surface area contributed by atoms with Gasteiger partial charge < -0.3 is 15.0 Å². The number of ether oxygens (including phenoxy) is 1. The van der Waals surface area contributed by atoms with Gasteiger partial charge in [0.15, 0.2) is 0 Å². The molecule has 1 N–H and O–H groups in total. The summed E-state index contributed by atoms with van der Waals surface area (Å²) in [5.74, 6) is 0.301. The van der Waals surface area contributed by atoms with Crippen LogP contribution >= 0.6 is 0 Å². The minimum absolute atomic E-state index is 0.0475. The summed E-state index contributed by atoms with van der Waals surface area (Å²) in [7, 11) is 0. The van der Waals surface area contributed by atoms with Crippen molar-refractivity contribution in [1.29, 1.82) is 0 Å². The lowest BCUT2D eigenvalue weighted by Crippen LogP contribution is -2.49. The number of carbonyl (C=O) groups excluding carboxylic acids is 2. The van der Waals surface area contributed by atoms with Gasteiger partial charge in [0.2, 0.25) is 5.91 Å². The first kappa shape index (κ1) is 19.3. The number of alkyl carbamates (subject to hydrolysis) is 1. The Morgan fingerprint density at radius 2 is 1.88 bits per heavy atom. The van der Waals surface area contributed by atoms with E-state index in [0.29, 0.717) is 12.5 Å². The molecular formula is C20H30N2O3. The van der Waals surface area contributed by atoms with Gasteiger partial charge in [-0.15, -0.1) is 0 Å². The molecule has 1 aromatic rings. The first-order valence-corrected chi connectivity index (χ1v) is 9.09. The molecule has 1 aromatic carbocycles. The third-order valence-electron chi connectivity index (χ3n) is 4.36. The Labute approximate surface area is 150 Å². The Kier molecular flexibility index (Phi) is 6.45. The van der Waals surface area contributed by atoms with E-state index in [1.165, 1.54) is 5.56 Å². The van der Waals surface area contributed by atoms with Crippen LogP contribution in [0.4, 0.5) is 4.79 Å². The predicted molar refractivity (Wildman–Crippen MR) is 98.4 cm³/mol. The maximum absolute atomic E-state index is 12.8. The minimum atomic E-state index is -0.593. The molecule has 1 aliphatic heterocycles. The number of carbonyl (C=O) groups is 2. The summed E-state index contributed by atoms with van der Waals surface area (Å²) in [5.41, 5.74) is 0.698. The fraction of sp³-hybridized carbons (Fsp3) is 0.600. The van der Waals surface area contributed by atoms with Gasteiger partial charge in [-0.2, -0.15) is 0 Å². The van der Waals surface area contributed by atoms with E-state index < -0.39 is 17.7 Å². The van der Waals surface area contributed by atoms with Gasteiger partial charge in [-0.25, -0.2) is 4.79 Å². The minimum Gasteiger partial charge on any atom is -0.444 e. The molecule has 138 valence electrons. The van der Waals surface area contributed by atoms with Crippen LogP contribution in [0.2, 0.25) is 0 Å². The Balaban J connectivity index is 1.98. The third-order valence-corrected chi connectivity index (χ3v) is 4.36. The number of benzene rings is 1. The van der Waals surface area contributed by atoms with Gasteiger partial charge in [0, 0.05) is 19.0 Å². The van der Waals surface area contributed by atoms with Crippen LogP contribution in [0, 0.1) is 0 Å². The van der Waals surface area contributed by atoms with Gasteiger partial charge in [-0.1, -0.05) is 36.8 Å². The SMILES string of the molecule is C[C@H](NC(=O)OC(C)(C)C)C(=O)N1CCCC[C@H](c2ccccc2)C1. The van der Waals surface area contributed by atoms with Crippen LogP contribution in [-0.2, 0) is 9.53 Å². The van der Waals surface area contributed by atoms with Crippen LogP contribution in [-0.4, -0.2) is 41.6 Å². The molecule has 0 unspecified atom stereocenters. The Morgan fingerprint density at radius 3 is 2.52 bits per heavy atom. The normalized spacial score (nSPS) is 19.7. The van der Waals surface area contributed by atoms with Crippen molar-refractivity contribution in [3.05, 3.63) is 35.9 Å². The van der Waals surface area contributed by atoms with E-state index in [1.807, 2.05) is 23.1 Å². The smallest absolute Gasteiger partial charge is 0.408 e. The molecule has 1 fully saturated rings. The number of hydrogen-bond donors (Lipinski definition) is 1. The summed E-state index contributed by atoms with van der Waals surface area (Å²) in [6, 6.07) is 9.75. The van der Waals surface area contributed by atoms with Crippen molar-refractivity contribution in [2.75, 3.05) is 13.1 Å². The molecule has 1 heterocycles. The van der Waals surface area contributed by atoms with Crippen LogP contribution in [0.25, 0.3) is 0 Å². The van der Waals surface area contributed by atoms with E-state index in [0.717, 1.165) is 25.8 Å². The molecule has 5 nitrogen and oxygen atoms in total. The Bertz CT molecular complexity index is 580. The second-order valence-electron chi connectivity index (χ2n) is 7.76. The first-order chi connectivity index (χ1) is 11.8. The highest BCUT2D eigenvalue weighted by atomic mass is 16.6. The largest absolute Gasteiger partial charge is 0.444 e. The molecule has 0 bridgehead atoms. The number of nitrogens with zero attached hydrogens (tertiary/aromatic N) is 1. The quantitative estimate of drug-likeness (QED) is 0.908. The van der Waals surface area contributed by atoms with Crippen molar-refractivity contribution in [2.45, 2.75) is 64.5 Å². The van der Waals surface area contributed by atoms with E-state index in [9.17, 15) is 9.59 Å². The van der Waals surface area contributed by atoms with Gasteiger partial charge in [0.05, 0.1) is 0 Å². The highest BCUT2D eigenvalue weighted by molar-refractivity contribution is 5.85. The van der Waals surface area contributed by atoms with E-state index >= 15 is 0 Å². The number of amides is 2. The lowest BCUT2D eigenvalue weighted by atomic mass is 9.94. The molecule has 0 saturated carbocycles. The third kappa shape index (κ3) is 6.07. The average Bonchev–Trinajstić information content (AvgIpc) is 2.79. The number of hydrogen-bond acceptors (Lipinski definition) is 3. The summed E-state index contributed by atoms with van der Waals surface area (Å²) in [4.78, 5) is 26.6. The highest BCUT2D eigenvalue weighted by Gasteiger charge is 2.28. The van der Waals surface area contributed by atoms with Crippen LogP contribution in [0.1, 0.15) is 58.4 Å². The fourth-order valence-corrected chi connectivity index (χ4v) is 3.16. The molecule has 5 heteroatoms. The Morgan fingerprint density at radius 1 is 1.20 bits per heavy atom. The van der Waals surface area contributed by atoms with Crippen molar-refractivity contribution in [3.8, 4) is 0 Å². The lowest BCUT2D eigenvalue weighted by Gasteiger charge is -2.28. The molecule has 0 spiro atoms. The maximum Gasteiger partial charge on any atom is 0.408 e. The van der Waals surface area contributed by atoms with Crippen molar-refractivity contribution in [2.24, 2.45) is 0 Å². The molecule has 0 aromatic heterocycles. The van der Waals surface area contributed by atoms with Gasteiger partial charge >= 0.3 is 6.09 Å². The van der Waals surface area contributed by atoms with Crippen molar-refractivity contribution in [3.63, 3.8) is 0 Å². The highest BCUT2D eigenvalue weighted by Crippen LogP contribution is 2.26. The van der Waals surface area contributed by atoms with Crippen LogP contribution in [0.5, 0.6) is 0 Å². The second kappa shape index (κ2) is 8.37. The predicted octanol–water partition coefficient (Wildman–Crippen LogP) is 3.70. The van der Waals surface area contributed by atoms with Crippen LogP contribution in [0.15, 0.2) is 30.3 Å². The van der Waals surface area contributed by atoms with Crippen LogP contribution in [0.3, 0.4) is 0 Å². The maximum atomic E-state index is 12.8. The van der Waals surface area contributed by atoms with E-state index in [1.54, 1.807) is 27.7 Å². The van der Waals surface area contributed by atoms with Crippen molar-refractivity contribution >= 4 is 12.0 Å². The van der Waals surface area contributed by atoms with Gasteiger partial charge in [-0.05, 0) is 46.1 Å². The summed E-state index contributed by atoms with van der Waals surface area (Å²) >= 11 is 0. The second-order valence-corrected chi connectivity index (χ2v) is 7.76. The monoisotopic (exact) mass is 346 g/mol. The number of rotatable bonds is 3. The van der Waals surface area contributed by atoms with Crippen molar-refractivity contribution in [1.82, 2.24) is 10.2 Å². The lowest BCUT2D eigenvalue weighted by molar-refractivity contribution is -0.133. The Hall–Kier alpha value is -2.04. The van der Waals surface area contributed by atoms with E-state index in [-0.39, 0.29) is 5.91 Å². The molecule has 25 heavy (non-hydrogen) atoms. The summed E-state index contributed by atoms with van der Waals surface area (Å²) in [6.45, 7) is 8.56. The zero-order chi connectivity index (χ0) is 18.4. The first-order valence-electron chi connectivity index (χ1n) is 9.09. The molecular weight excluding hydrogens is 316 g/mol. The zero-order valence-corrected chi connectivity index (χ0v) is 15.7. The van der Waals surface area contributed by atoms with Crippen molar-refractivity contribution < 1.29 is 14.3 Å². The molecule has 1 aliphatic rings. The zero-order valence-electron chi connectivity index (χ0n) is 15.7. The molecule has 0 aliphatic carbocycles. The van der Waals surface area contributed by atoms with Gasteiger partial charge in [0.1, 0.15) is 11.6 Å². The van der Waals surface area contributed by atoms with Crippen LogP contribution < -0.4 is 5.32 Å². The summed E-state index contributed by atoms with van der Waals surface area (Å²) < 4.78 is 5.24. The molecule has 1 saturated heterocycles. The van der Waals surface area contributed by atoms with E-state index in [4.69, 9.17) is 4.74 Å². The molecule has 2 atom stereocenters.